The third-order valence-corrected chi connectivity index (χ3v) is 10.2. The molecule has 0 nitrogen and oxygen atoms in total. The van der Waals surface area contributed by atoms with E-state index in [0.717, 1.165) is 8.27 Å². The highest BCUT2D eigenvalue weighted by atomic mass is 32.0. The van der Waals surface area contributed by atoms with Gasteiger partial charge in [0, 0.05) is 5.30 Å². The van der Waals surface area contributed by atoms with Crippen molar-refractivity contribution in [2.45, 2.75) is 58.0 Å². The maximum Gasteiger partial charge on any atom is 0.0653 e. The first-order valence-electron chi connectivity index (χ1n) is 8.61. The predicted molar refractivity (Wildman–Crippen MR) is 121 cm³/mol. The summed E-state index contributed by atoms with van der Waals surface area (Å²) in [5, 5.41) is 2.20. The van der Waals surface area contributed by atoms with Crippen molar-refractivity contribution in [1.82, 2.24) is 0 Å². The Hall–Kier alpha value is -0.270. The standard InChI is InChI=1S/C21H31P3/c1-20(2,3)24(21(4,5)6)15-16-7-9-17(10-8-16)18-11-13-19(23-22)14-12-18/h7-14,23H,15,22H2,1-6H3/p+1. The van der Waals surface area contributed by atoms with Crippen LogP contribution in [0.3, 0.4) is 0 Å². The van der Waals surface area contributed by atoms with Crippen LogP contribution >= 0.6 is 25.1 Å². The molecule has 0 amide bonds. The molecule has 130 valence electrons. The molecule has 0 heterocycles. The molecular formula is C21H32P3+. The molecule has 0 radical (unpaired) electrons. The second-order valence-electron chi connectivity index (χ2n) is 8.38. The molecule has 2 rings (SSSR count). The van der Waals surface area contributed by atoms with Crippen molar-refractivity contribution < 1.29 is 0 Å². The minimum atomic E-state index is -0.0879. The van der Waals surface area contributed by atoms with E-state index in [9.17, 15) is 0 Å². The Kier molecular flexibility index (Phi) is 6.65. The molecule has 24 heavy (non-hydrogen) atoms. The number of rotatable bonds is 4. The zero-order chi connectivity index (χ0) is 18.0. The molecule has 0 spiro atoms. The number of benzene rings is 2. The Bertz CT molecular complexity index is 629. The molecular weight excluding hydrogens is 345 g/mol. The number of hydrogen-bond acceptors (Lipinski definition) is 0. The lowest BCUT2D eigenvalue weighted by Gasteiger charge is -2.41. The van der Waals surface area contributed by atoms with E-state index in [4.69, 9.17) is 0 Å². The largest absolute Gasteiger partial charge is 0.0911 e. The highest BCUT2D eigenvalue weighted by molar-refractivity contribution is 8.06. The molecule has 2 unspecified atom stereocenters. The predicted octanol–water partition coefficient (Wildman–Crippen LogP) is 6.76. The molecule has 0 aliphatic rings. The Labute approximate surface area is 153 Å². The lowest BCUT2D eigenvalue weighted by molar-refractivity contribution is 0.702. The first-order valence-corrected chi connectivity index (χ1v) is 13.5. The summed E-state index contributed by atoms with van der Waals surface area (Å²) in [4.78, 5) is 0. The van der Waals surface area contributed by atoms with Crippen LogP contribution in [0.2, 0.25) is 0 Å². The molecule has 0 aliphatic carbocycles. The molecule has 0 saturated carbocycles. The van der Waals surface area contributed by atoms with Crippen LogP contribution in [0.1, 0.15) is 47.1 Å². The normalized spacial score (nSPS) is 13.3. The van der Waals surface area contributed by atoms with Gasteiger partial charge < -0.3 is 0 Å². The average Bonchev–Trinajstić information content (AvgIpc) is 2.51. The van der Waals surface area contributed by atoms with Gasteiger partial charge in [-0.05, 0) is 42.1 Å². The summed E-state index contributed by atoms with van der Waals surface area (Å²) in [6.07, 6.45) is 1.21. The minimum absolute atomic E-state index is 0.0879. The lowest BCUT2D eigenvalue weighted by Crippen LogP contribution is -2.25. The second kappa shape index (κ2) is 7.96. The first kappa shape index (κ1) is 20.0. The molecule has 0 saturated heterocycles. The van der Waals surface area contributed by atoms with Crippen molar-refractivity contribution in [1.29, 1.82) is 0 Å². The summed E-state index contributed by atoms with van der Waals surface area (Å²) in [5.74, 6) is 0. The Morgan fingerprint density at radius 3 is 1.54 bits per heavy atom. The molecule has 0 fully saturated rings. The maximum absolute atomic E-state index is 2.40. The van der Waals surface area contributed by atoms with Crippen LogP contribution in [0.4, 0.5) is 0 Å². The van der Waals surface area contributed by atoms with Gasteiger partial charge in [-0.25, -0.2) is 0 Å². The Balaban J connectivity index is 2.19. The molecule has 2 aromatic carbocycles. The van der Waals surface area contributed by atoms with E-state index in [1.807, 2.05) is 8.93 Å². The van der Waals surface area contributed by atoms with Gasteiger partial charge in [-0.1, -0.05) is 98.0 Å². The van der Waals surface area contributed by atoms with Crippen LogP contribution in [0.5, 0.6) is 0 Å². The zero-order valence-electron chi connectivity index (χ0n) is 16.0. The van der Waals surface area contributed by atoms with E-state index in [2.05, 4.69) is 90.1 Å². The second-order valence-corrected chi connectivity index (χ2v) is 14.2. The summed E-state index contributed by atoms with van der Waals surface area (Å²) in [7, 11) is 2.85. The average molecular weight is 377 g/mol. The van der Waals surface area contributed by atoms with Crippen molar-refractivity contribution in [3.63, 3.8) is 0 Å². The minimum Gasteiger partial charge on any atom is -0.0911 e. The highest BCUT2D eigenvalue weighted by Gasteiger charge is 2.33. The van der Waals surface area contributed by atoms with Gasteiger partial charge in [0.25, 0.3) is 0 Å². The SMILES string of the molecule is CC(C)(C)P(Cc1ccc(-c2ccc(P[PH3+])cc2)cc1)C(C)(C)C. The van der Waals surface area contributed by atoms with Gasteiger partial charge >= 0.3 is 0 Å². The van der Waals surface area contributed by atoms with Crippen LogP contribution in [-0.2, 0) is 6.16 Å². The Morgan fingerprint density at radius 1 is 0.750 bits per heavy atom. The summed E-state index contributed by atoms with van der Waals surface area (Å²) in [5.41, 5.74) is 4.12. The van der Waals surface area contributed by atoms with Crippen LogP contribution < -0.4 is 5.30 Å². The van der Waals surface area contributed by atoms with E-state index >= 15 is 0 Å². The van der Waals surface area contributed by atoms with Crippen molar-refractivity contribution in [2.75, 3.05) is 0 Å². The third-order valence-electron chi connectivity index (χ3n) is 4.34. The molecule has 2 aromatic rings. The van der Waals surface area contributed by atoms with Gasteiger partial charge in [-0.2, -0.15) is 0 Å². The first-order chi connectivity index (χ1) is 11.1. The fraction of sp³-hybridized carbons (Fsp3) is 0.429. The van der Waals surface area contributed by atoms with Crippen molar-refractivity contribution >= 4 is 30.4 Å². The maximum atomic E-state index is 2.40. The monoisotopic (exact) mass is 377 g/mol. The molecule has 0 N–H and O–H groups in total. The topological polar surface area (TPSA) is 0 Å². The summed E-state index contributed by atoms with van der Waals surface area (Å²) < 4.78 is 0. The van der Waals surface area contributed by atoms with Crippen LogP contribution in [0, 0.1) is 0 Å². The van der Waals surface area contributed by atoms with Gasteiger partial charge in [0.05, 0.1) is 8.27 Å². The van der Waals surface area contributed by atoms with Gasteiger partial charge in [0.2, 0.25) is 0 Å². The third kappa shape index (κ3) is 5.36. The molecule has 0 bridgehead atoms. The van der Waals surface area contributed by atoms with E-state index in [-0.39, 0.29) is 7.92 Å². The van der Waals surface area contributed by atoms with Crippen molar-refractivity contribution in [2.24, 2.45) is 0 Å². The fourth-order valence-electron chi connectivity index (χ4n) is 3.25. The lowest BCUT2D eigenvalue weighted by atomic mass is 10.0. The quantitative estimate of drug-likeness (QED) is 0.517. The van der Waals surface area contributed by atoms with Crippen molar-refractivity contribution in [3.05, 3.63) is 54.1 Å². The van der Waals surface area contributed by atoms with Crippen LogP contribution in [0.25, 0.3) is 11.1 Å². The van der Waals surface area contributed by atoms with E-state index < -0.39 is 0 Å². The summed E-state index contributed by atoms with van der Waals surface area (Å²) in [6, 6.07) is 18.3. The van der Waals surface area contributed by atoms with Crippen LogP contribution in [0.15, 0.2) is 48.5 Å². The molecule has 0 aliphatic heterocycles. The van der Waals surface area contributed by atoms with Gasteiger partial charge in [-0.15, -0.1) is 0 Å². The molecule has 3 heteroatoms. The molecule has 0 aromatic heterocycles. The summed E-state index contributed by atoms with van der Waals surface area (Å²) in [6.45, 7) is 14.4. The summed E-state index contributed by atoms with van der Waals surface area (Å²) >= 11 is 0. The molecule has 2 atom stereocenters. The van der Waals surface area contributed by atoms with Gasteiger partial charge in [0.1, 0.15) is 0 Å². The van der Waals surface area contributed by atoms with Crippen LogP contribution in [-0.4, -0.2) is 10.3 Å². The highest BCUT2D eigenvalue weighted by Crippen LogP contribution is 2.61. The van der Waals surface area contributed by atoms with E-state index in [1.54, 1.807) is 0 Å². The zero-order valence-corrected chi connectivity index (χ0v) is 19.3. The van der Waals surface area contributed by atoms with E-state index in [0.29, 0.717) is 10.3 Å². The smallest absolute Gasteiger partial charge is 0.0653 e. The number of hydrogen-bond donors (Lipinski definition) is 0. The Morgan fingerprint density at radius 2 is 1.17 bits per heavy atom. The van der Waals surface area contributed by atoms with Gasteiger partial charge in [-0.3, -0.25) is 0 Å². The fourth-order valence-corrected chi connectivity index (χ4v) is 7.89. The van der Waals surface area contributed by atoms with Crippen molar-refractivity contribution in [3.8, 4) is 11.1 Å². The van der Waals surface area contributed by atoms with E-state index in [1.165, 1.54) is 28.2 Å². The van der Waals surface area contributed by atoms with Gasteiger partial charge in [0.15, 0.2) is 0 Å².